The first-order chi connectivity index (χ1) is 11.5. The summed E-state index contributed by atoms with van der Waals surface area (Å²) in [7, 11) is 1.56. The van der Waals surface area contributed by atoms with Gasteiger partial charge in [-0.3, -0.25) is 14.3 Å². The molecule has 1 unspecified atom stereocenters. The van der Waals surface area contributed by atoms with Gasteiger partial charge in [0.15, 0.2) is 11.2 Å². The number of anilines is 2. The molecule has 124 valence electrons. The zero-order valence-electron chi connectivity index (χ0n) is 13.4. The fourth-order valence-corrected chi connectivity index (χ4v) is 3.18. The molecule has 0 radical (unpaired) electrons. The average Bonchev–Trinajstić information content (AvgIpc) is 2.91. The summed E-state index contributed by atoms with van der Waals surface area (Å²) in [5, 5.41) is 10.3. The minimum atomic E-state index is -0.646. The normalized spacial score (nSPS) is 17.3. The van der Waals surface area contributed by atoms with Gasteiger partial charge in [0, 0.05) is 12.7 Å². The average molecular weight is 327 g/mol. The molecule has 2 N–H and O–H groups in total. The molecule has 8 heteroatoms. The molecule has 0 bridgehead atoms. The molecule has 1 aliphatic rings. The number of benzene rings is 1. The number of aliphatic hydroxyl groups is 1. The van der Waals surface area contributed by atoms with Crippen LogP contribution in [0.5, 0.6) is 0 Å². The Balaban J connectivity index is 2.02. The molecule has 0 spiro atoms. The Morgan fingerprint density at radius 2 is 2.08 bits per heavy atom. The number of rotatable bonds is 1. The highest BCUT2D eigenvalue weighted by molar-refractivity contribution is 5.77. The first kappa shape index (κ1) is 14.7. The maximum atomic E-state index is 12.3. The first-order valence-electron chi connectivity index (χ1n) is 7.67. The molecule has 8 nitrogen and oxygen atoms in total. The van der Waals surface area contributed by atoms with Gasteiger partial charge in [0.05, 0.1) is 19.2 Å². The van der Waals surface area contributed by atoms with Crippen molar-refractivity contribution in [2.24, 2.45) is 7.05 Å². The van der Waals surface area contributed by atoms with Crippen molar-refractivity contribution >= 4 is 22.8 Å². The van der Waals surface area contributed by atoms with Crippen LogP contribution < -0.4 is 16.1 Å². The lowest BCUT2D eigenvalue weighted by Crippen LogP contribution is -2.39. The van der Waals surface area contributed by atoms with Crippen molar-refractivity contribution in [2.75, 3.05) is 11.4 Å². The van der Waals surface area contributed by atoms with Gasteiger partial charge in [0.2, 0.25) is 5.95 Å². The second-order valence-electron chi connectivity index (χ2n) is 6.12. The summed E-state index contributed by atoms with van der Waals surface area (Å²) in [6.45, 7) is 2.62. The predicted molar refractivity (Wildman–Crippen MR) is 89.8 cm³/mol. The maximum Gasteiger partial charge on any atom is 0.329 e. The quantitative estimate of drug-likeness (QED) is 0.668. The van der Waals surface area contributed by atoms with Gasteiger partial charge in [0.1, 0.15) is 0 Å². The second kappa shape index (κ2) is 5.07. The molecule has 24 heavy (non-hydrogen) atoms. The zero-order chi connectivity index (χ0) is 17.0. The Morgan fingerprint density at radius 3 is 2.83 bits per heavy atom. The van der Waals surface area contributed by atoms with E-state index in [-0.39, 0.29) is 6.54 Å². The molecule has 1 aliphatic heterocycles. The van der Waals surface area contributed by atoms with Crippen LogP contribution in [0.1, 0.15) is 5.56 Å². The van der Waals surface area contributed by atoms with Crippen LogP contribution in [0.3, 0.4) is 0 Å². The number of aromatic amines is 1. The molecule has 0 amide bonds. The Labute approximate surface area is 136 Å². The molecule has 0 saturated heterocycles. The highest BCUT2D eigenvalue weighted by atomic mass is 16.3. The number of β-amino-alcohol motifs (C(OH)–C–C–N with tert-alkyl or cyclic N) is 1. The number of aromatic nitrogens is 4. The molecule has 4 rings (SSSR count). The van der Waals surface area contributed by atoms with Crippen molar-refractivity contribution in [3.8, 4) is 0 Å². The number of hydrogen-bond donors (Lipinski definition) is 2. The van der Waals surface area contributed by atoms with Crippen LogP contribution in [0.15, 0.2) is 33.9 Å². The minimum Gasteiger partial charge on any atom is -0.389 e. The van der Waals surface area contributed by atoms with Crippen LogP contribution in [-0.2, 0) is 13.6 Å². The van der Waals surface area contributed by atoms with Gasteiger partial charge >= 0.3 is 5.69 Å². The van der Waals surface area contributed by atoms with Crippen molar-refractivity contribution < 1.29 is 5.11 Å². The summed E-state index contributed by atoms with van der Waals surface area (Å²) in [6.07, 6.45) is -0.646. The van der Waals surface area contributed by atoms with Gasteiger partial charge in [-0.05, 0) is 24.6 Å². The minimum absolute atomic E-state index is 0.259. The second-order valence-corrected chi connectivity index (χ2v) is 6.12. The SMILES string of the molecule is Cc1cccc(N2CC(O)Cn3c2nc2c3c(=O)[nH]c(=O)n2C)c1. The van der Waals surface area contributed by atoms with Gasteiger partial charge in [-0.25, -0.2) is 4.79 Å². The van der Waals surface area contributed by atoms with E-state index >= 15 is 0 Å². The van der Waals surface area contributed by atoms with E-state index in [1.54, 1.807) is 11.6 Å². The summed E-state index contributed by atoms with van der Waals surface area (Å²) in [6, 6.07) is 7.84. The van der Waals surface area contributed by atoms with Crippen LogP contribution in [0.4, 0.5) is 11.6 Å². The molecular formula is C16H17N5O3. The number of aryl methyl sites for hydroxylation is 2. The van der Waals surface area contributed by atoms with Crippen LogP contribution in [0, 0.1) is 6.92 Å². The van der Waals surface area contributed by atoms with Gasteiger partial charge in [-0.1, -0.05) is 12.1 Å². The lowest BCUT2D eigenvalue weighted by Gasteiger charge is -2.32. The summed E-state index contributed by atoms with van der Waals surface area (Å²) < 4.78 is 2.98. The topological polar surface area (TPSA) is 96.2 Å². The Morgan fingerprint density at radius 1 is 1.29 bits per heavy atom. The predicted octanol–water partition coefficient (Wildman–Crippen LogP) is 0.244. The van der Waals surface area contributed by atoms with E-state index in [9.17, 15) is 14.7 Å². The summed E-state index contributed by atoms with van der Waals surface area (Å²) in [5.41, 5.74) is 1.57. The number of imidazole rings is 1. The number of aliphatic hydroxyl groups excluding tert-OH is 1. The molecule has 0 saturated carbocycles. The largest absolute Gasteiger partial charge is 0.389 e. The van der Waals surface area contributed by atoms with Crippen molar-refractivity contribution in [3.05, 3.63) is 50.7 Å². The van der Waals surface area contributed by atoms with Crippen molar-refractivity contribution in [3.63, 3.8) is 0 Å². The fourth-order valence-electron chi connectivity index (χ4n) is 3.18. The van der Waals surface area contributed by atoms with E-state index in [0.717, 1.165) is 11.3 Å². The lowest BCUT2D eigenvalue weighted by molar-refractivity contribution is 0.154. The third kappa shape index (κ3) is 2.07. The van der Waals surface area contributed by atoms with E-state index in [1.807, 2.05) is 36.1 Å². The number of hydrogen-bond acceptors (Lipinski definition) is 5. The molecular weight excluding hydrogens is 310 g/mol. The summed E-state index contributed by atoms with van der Waals surface area (Å²) in [5.74, 6) is 0.549. The van der Waals surface area contributed by atoms with Gasteiger partial charge < -0.3 is 14.6 Å². The van der Waals surface area contributed by atoms with E-state index in [4.69, 9.17) is 0 Å². The van der Waals surface area contributed by atoms with Crippen molar-refractivity contribution in [1.29, 1.82) is 0 Å². The summed E-state index contributed by atoms with van der Waals surface area (Å²) >= 11 is 0. The molecule has 0 fully saturated rings. The number of fused-ring (bicyclic) bond motifs is 3. The third-order valence-electron chi connectivity index (χ3n) is 4.33. The van der Waals surface area contributed by atoms with Crippen LogP contribution in [0.2, 0.25) is 0 Å². The molecule has 0 aliphatic carbocycles. The molecule has 1 atom stereocenters. The first-order valence-corrected chi connectivity index (χ1v) is 7.67. The van der Waals surface area contributed by atoms with Crippen LogP contribution >= 0.6 is 0 Å². The van der Waals surface area contributed by atoms with E-state index in [0.29, 0.717) is 23.7 Å². The van der Waals surface area contributed by atoms with E-state index in [1.165, 1.54) is 4.57 Å². The maximum absolute atomic E-state index is 12.3. The van der Waals surface area contributed by atoms with Crippen molar-refractivity contribution in [2.45, 2.75) is 19.6 Å². The third-order valence-corrected chi connectivity index (χ3v) is 4.33. The Hall–Kier alpha value is -2.87. The molecule has 3 aromatic rings. The molecule has 3 heterocycles. The van der Waals surface area contributed by atoms with Crippen LogP contribution in [0.25, 0.3) is 11.2 Å². The van der Waals surface area contributed by atoms with E-state index in [2.05, 4.69) is 9.97 Å². The standard InChI is InChI=1S/C16H17N5O3/c1-9-4-3-5-10(6-9)20-7-11(22)8-21-12-13(17-15(20)21)19(2)16(24)18-14(12)23/h3-6,11,22H,7-8H2,1-2H3,(H,18,23,24). The lowest BCUT2D eigenvalue weighted by atomic mass is 10.2. The summed E-state index contributed by atoms with van der Waals surface area (Å²) in [4.78, 5) is 32.8. The smallest absolute Gasteiger partial charge is 0.329 e. The number of nitrogens with one attached hydrogen (secondary N) is 1. The van der Waals surface area contributed by atoms with Gasteiger partial charge in [0.25, 0.3) is 5.56 Å². The van der Waals surface area contributed by atoms with E-state index < -0.39 is 17.4 Å². The van der Waals surface area contributed by atoms with Crippen LogP contribution in [-0.4, -0.2) is 36.9 Å². The zero-order valence-corrected chi connectivity index (χ0v) is 13.4. The van der Waals surface area contributed by atoms with Crippen molar-refractivity contribution in [1.82, 2.24) is 19.1 Å². The molecule has 2 aromatic heterocycles. The monoisotopic (exact) mass is 327 g/mol. The number of H-pyrrole nitrogens is 1. The fraction of sp³-hybridized carbons (Fsp3) is 0.312. The Kier molecular flexibility index (Phi) is 3.10. The highest BCUT2D eigenvalue weighted by Crippen LogP contribution is 2.31. The highest BCUT2D eigenvalue weighted by Gasteiger charge is 2.29. The van der Waals surface area contributed by atoms with Gasteiger partial charge in [-0.15, -0.1) is 0 Å². The number of nitrogens with zero attached hydrogens (tertiary/aromatic N) is 4. The Bertz CT molecular complexity index is 1060. The van der Waals surface area contributed by atoms with Gasteiger partial charge in [-0.2, -0.15) is 4.98 Å². The molecule has 1 aromatic carbocycles.